The van der Waals surface area contributed by atoms with Crippen molar-refractivity contribution in [3.8, 4) is 0 Å². The maximum absolute atomic E-state index is 13.4. The molecule has 1 aromatic rings. The van der Waals surface area contributed by atoms with Gasteiger partial charge in [-0.3, -0.25) is 4.79 Å². The lowest BCUT2D eigenvalue weighted by atomic mass is 10.1. The van der Waals surface area contributed by atoms with E-state index in [0.717, 1.165) is 6.07 Å². The summed E-state index contributed by atoms with van der Waals surface area (Å²) in [6, 6.07) is 2.58. The van der Waals surface area contributed by atoms with Crippen LogP contribution in [0.25, 0.3) is 0 Å². The maximum atomic E-state index is 13.4. The van der Waals surface area contributed by atoms with Crippen molar-refractivity contribution in [3.63, 3.8) is 0 Å². The number of carbonyl (C=O) groups excluding carboxylic acids is 1. The largest absolute Gasteiger partial charge is 0.480 e. The monoisotopic (exact) mass is 273 g/mol. The van der Waals surface area contributed by atoms with E-state index in [4.69, 9.17) is 16.7 Å². The highest BCUT2D eigenvalue weighted by Crippen LogP contribution is 2.14. The zero-order valence-corrected chi connectivity index (χ0v) is 10.5. The third-order valence-electron chi connectivity index (χ3n) is 2.36. The average Bonchev–Trinajstić information content (AvgIpc) is 2.27. The minimum atomic E-state index is -1.14. The minimum Gasteiger partial charge on any atom is -0.480 e. The van der Waals surface area contributed by atoms with Gasteiger partial charge in [0.05, 0.1) is 5.56 Å². The predicted molar refractivity (Wildman–Crippen MR) is 65.2 cm³/mol. The fraction of sp³-hybridized carbons (Fsp3) is 0.333. The van der Waals surface area contributed by atoms with Crippen molar-refractivity contribution in [3.05, 3.63) is 34.6 Å². The third-order valence-corrected chi connectivity index (χ3v) is 2.59. The van der Waals surface area contributed by atoms with E-state index < -0.39 is 23.7 Å². The molecule has 0 aliphatic heterocycles. The molecule has 0 aliphatic carbocycles. The maximum Gasteiger partial charge on any atom is 0.326 e. The highest BCUT2D eigenvalue weighted by atomic mass is 35.5. The standard InChI is InChI=1S/C12H13ClFNO3/c1-2-3-10(12(17)18)15-11(16)8-5-4-7(13)6-9(8)14/h4-6,10H,2-3H2,1H3,(H,15,16)(H,17,18)/t10-/m1/s1. The van der Waals surface area contributed by atoms with Crippen LogP contribution in [0.4, 0.5) is 4.39 Å². The Hall–Kier alpha value is -1.62. The van der Waals surface area contributed by atoms with Gasteiger partial charge < -0.3 is 10.4 Å². The molecule has 0 bridgehead atoms. The number of halogens is 2. The molecule has 1 aromatic carbocycles. The lowest BCUT2D eigenvalue weighted by Crippen LogP contribution is -2.40. The second kappa shape index (κ2) is 6.35. The van der Waals surface area contributed by atoms with Gasteiger partial charge in [0.25, 0.3) is 5.91 Å². The van der Waals surface area contributed by atoms with E-state index in [0.29, 0.717) is 6.42 Å². The molecule has 0 saturated heterocycles. The van der Waals surface area contributed by atoms with Crippen LogP contribution in [0.2, 0.25) is 5.02 Å². The molecule has 18 heavy (non-hydrogen) atoms. The van der Waals surface area contributed by atoms with Gasteiger partial charge in [-0.2, -0.15) is 0 Å². The van der Waals surface area contributed by atoms with Crippen molar-refractivity contribution in [2.24, 2.45) is 0 Å². The van der Waals surface area contributed by atoms with E-state index in [1.165, 1.54) is 12.1 Å². The van der Waals surface area contributed by atoms with Gasteiger partial charge >= 0.3 is 5.97 Å². The summed E-state index contributed by atoms with van der Waals surface area (Å²) in [6.07, 6.45) is 0.886. The molecule has 6 heteroatoms. The SMILES string of the molecule is CCC[C@@H](NC(=O)c1ccc(Cl)cc1F)C(=O)O. The van der Waals surface area contributed by atoms with Crippen LogP contribution in [-0.2, 0) is 4.79 Å². The molecule has 0 radical (unpaired) electrons. The first-order chi connectivity index (χ1) is 8.45. The molecule has 1 atom stereocenters. The molecule has 0 spiro atoms. The van der Waals surface area contributed by atoms with Crippen molar-refractivity contribution in [2.45, 2.75) is 25.8 Å². The Morgan fingerprint density at radius 1 is 1.50 bits per heavy atom. The number of carboxylic acid groups (broad SMARTS) is 1. The zero-order chi connectivity index (χ0) is 13.7. The van der Waals surface area contributed by atoms with E-state index in [1.807, 2.05) is 0 Å². The fourth-order valence-corrected chi connectivity index (χ4v) is 1.61. The number of rotatable bonds is 5. The van der Waals surface area contributed by atoms with Crippen molar-refractivity contribution in [2.75, 3.05) is 0 Å². The smallest absolute Gasteiger partial charge is 0.326 e. The highest BCUT2D eigenvalue weighted by Gasteiger charge is 2.21. The summed E-state index contributed by atoms with van der Waals surface area (Å²) < 4.78 is 13.4. The summed E-state index contributed by atoms with van der Waals surface area (Å²) >= 11 is 5.56. The summed E-state index contributed by atoms with van der Waals surface area (Å²) in [5, 5.41) is 11.3. The van der Waals surface area contributed by atoms with Crippen LogP contribution < -0.4 is 5.32 Å². The summed E-state index contributed by atoms with van der Waals surface area (Å²) in [7, 11) is 0. The Morgan fingerprint density at radius 3 is 2.67 bits per heavy atom. The van der Waals surface area contributed by atoms with E-state index in [2.05, 4.69) is 5.32 Å². The molecule has 1 amide bonds. The normalized spacial score (nSPS) is 11.9. The molecule has 0 unspecified atom stereocenters. The van der Waals surface area contributed by atoms with Gasteiger partial charge in [-0.15, -0.1) is 0 Å². The van der Waals surface area contributed by atoms with E-state index in [-0.39, 0.29) is 17.0 Å². The summed E-state index contributed by atoms with van der Waals surface area (Å²) in [6.45, 7) is 1.80. The van der Waals surface area contributed by atoms with Gasteiger partial charge in [0.15, 0.2) is 0 Å². The van der Waals surface area contributed by atoms with Crippen molar-refractivity contribution in [1.29, 1.82) is 0 Å². The van der Waals surface area contributed by atoms with Crippen molar-refractivity contribution < 1.29 is 19.1 Å². The summed E-state index contributed by atoms with van der Waals surface area (Å²) in [4.78, 5) is 22.6. The first kappa shape index (κ1) is 14.4. The molecule has 0 fully saturated rings. The average molecular weight is 274 g/mol. The van der Waals surface area contributed by atoms with Gasteiger partial charge in [0.2, 0.25) is 0 Å². The van der Waals surface area contributed by atoms with Crippen LogP contribution in [0, 0.1) is 5.82 Å². The minimum absolute atomic E-state index is 0.174. The molecule has 0 saturated carbocycles. The summed E-state index contributed by atoms with van der Waals surface area (Å²) in [5.41, 5.74) is -0.221. The lowest BCUT2D eigenvalue weighted by Gasteiger charge is -2.13. The van der Waals surface area contributed by atoms with Gasteiger partial charge in [-0.25, -0.2) is 9.18 Å². The highest BCUT2D eigenvalue weighted by molar-refractivity contribution is 6.30. The van der Waals surface area contributed by atoms with Crippen LogP contribution in [-0.4, -0.2) is 23.0 Å². The number of hydrogen-bond donors (Lipinski definition) is 2. The van der Waals surface area contributed by atoms with Gasteiger partial charge in [0, 0.05) is 5.02 Å². The molecule has 0 heterocycles. The number of carboxylic acids is 1. The number of benzene rings is 1. The number of nitrogens with one attached hydrogen (secondary N) is 1. The Balaban J connectivity index is 2.83. The van der Waals surface area contributed by atoms with Crippen molar-refractivity contribution >= 4 is 23.5 Å². The predicted octanol–water partition coefficient (Wildman–Crippen LogP) is 2.46. The second-order valence-corrected chi connectivity index (χ2v) is 4.21. The second-order valence-electron chi connectivity index (χ2n) is 3.78. The Morgan fingerprint density at radius 2 is 2.17 bits per heavy atom. The van der Waals surface area contributed by atoms with Crippen LogP contribution in [0.5, 0.6) is 0 Å². The van der Waals surface area contributed by atoms with Crippen LogP contribution in [0.3, 0.4) is 0 Å². The van der Waals surface area contributed by atoms with E-state index in [9.17, 15) is 14.0 Å². The Bertz CT molecular complexity index is 465. The van der Waals surface area contributed by atoms with E-state index in [1.54, 1.807) is 6.92 Å². The van der Waals surface area contributed by atoms with Gasteiger partial charge in [0.1, 0.15) is 11.9 Å². The van der Waals surface area contributed by atoms with Gasteiger partial charge in [-0.1, -0.05) is 24.9 Å². The fourth-order valence-electron chi connectivity index (χ4n) is 1.46. The number of hydrogen-bond acceptors (Lipinski definition) is 2. The molecule has 98 valence electrons. The lowest BCUT2D eigenvalue weighted by molar-refractivity contribution is -0.139. The number of amides is 1. The first-order valence-corrected chi connectivity index (χ1v) is 5.82. The van der Waals surface area contributed by atoms with Crippen LogP contribution >= 0.6 is 11.6 Å². The first-order valence-electron chi connectivity index (χ1n) is 5.44. The molecule has 0 aromatic heterocycles. The van der Waals surface area contributed by atoms with Crippen LogP contribution in [0.1, 0.15) is 30.1 Å². The third kappa shape index (κ3) is 3.70. The zero-order valence-electron chi connectivity index (χ0n) is 9.74. The Kier molecular flexibility index (Phi) is 5.09. The van der Waals surface area contributed by atoms with Crippen molar-refractivity contribution in [1.82, 2.24) is 5.32 Å². The summed E-state index contributed by atoms with van der Waals surface area (Å²) in [5.74, 6) is -2.68. The molecule has 1 rings (SSSR count). The molecule has 4 nitrogen and oxygen atoms in total. The molecular weight excluding hydrogens is 261 g/mol. The van der Waals surface area contributed by atoms with Crippen LogP contribution in [0.15, 0.2) is 18.2 Å². The molecule has 2 N–H and O–H groups in total. The Labute approximate surface area is 109 Å². The molecular formula is C12H13ClFNO3. The van der Waals surface area contributed by atoms with Gasteiger partial charge in [-0.05, 0) is 24.6 Å². The molecule has 0 aliphatic rings. The number of carbonyl (C=O) groups is 2. The van der Waals surface area contributed by atoms with E-state index >= 15 is 0 Å². The quantitative estimate of drug-likeness (QED) is 0.866. The topological polar surface area (TPSA) is 66.4 Å². The number of aliphatic carboxylic acids is 1.